The van der Waals surface area contributed by atoms with Crippen LogP contribution in [0, 0.1) is 0 Å². The van der Waals surface area contributed by atoms with E-state index >= 15 is 0 Å². The molecule has 0 bridgehead atoms. The summed E-state index contributed by atoms with van der Waals surface area (Å²) in [5, 5.41) is 23.0. The molecule has 0 spiro atoms. The third-order valence-corrected chi connectivity index (χ3v) is 3.63. The lowest BCUT2D eigenvalue weighted by atomic mass is 9.98. The Bertz CT molecular complexity index is 746. The van der Waals surface area contributed by atoms with Crippen molar-refractivity contribution in [2.24, 2.45) is 0 Å². The quantitative estimate of drug-likeness (QED) is 0.530. The second-order valence-corrected chi connectivity index (χ2v) is 5.16. The van der Waals surface area contributed by atoms with Crippen LogP contribution in [0.1, 0.15) is 18.7 Å². The summed E-state index contributed by atoms with van der Waals surface area (Å²) in [5.41, 5.74) is 3.50. The largest absolute Gasteiger partial charge is 0.393 e. The summed E-state index contributed by atoms with van der Waals surface area (Å²) in [4.78, 5) is 17.8. The normalized spacial score (nSPS) is 32.9. The van der Waals surface area contributed by atoms with Crippen LogP contribution in [0.25, 0.3) is 5.65 Å². The zero-order chi connectivity index (χ0) is 15.4. The minimum Gasteiger partial charge on any atom is -0.393 e. The number of halogens is 1. The molecule has 4 unspecified atom stereocenters. The number of fused-ring (bicyclic) bond motifs is 1. The van der Waals surface area contributed by atoms with Crippen LogP contribution < -0.4 is 11.3 Å². The van der Waals surface area contributed by atoms with Crippen molar-refractivity contribution in [3.8, 4) is 0 Å². The highest BCUT2D eigenvalue weighted by Gasteiger charge is 2.53. The van der Waals surface area contributed by atoms with Crippen molar-refractivity contribution < 1.29 is 19.3 Å². The minimum atomic E-state index is -1.80. The topological polar surface area (TPSA) is 139 Å². The van der Waals surface area contributed by atoms with Gasteiger partial charge >= 0.3 is 0 Å². The second-order valence-electron chi connectivity index (χ2n) is 5.16. The van der Waals surface area contributed by atoms with E-state index in [4.69, 9.17) is 10.5 Å². The molecule has 0 aliphatic carbocycles. The molecule has 1 fully saturated rings. The van der Waals surface area contributed by atoms with Gasteiger partial charge in [-0.1, -0.05) is 0 Å². The van der Waals surface area contributed by atoms with Gasteiger partial charge in [0.25, 0.3) is 5.56 Å². The first-order valence-corrected chi connectivity index (χ1v) is 6.21. The molecular weight excluding hydrogens is 285 g/mol. The lowest BCUT2D eigenvalue weighted by molar-refractivity contribution is -0.100. The fourth-order valence-electron chi connectivity index (χ4n) is 2.40. The number of nitrogens with two attached hydrogens (primary N) is 1. The molecule has 1 saturated heterocycles. The fraction of sp³-hybridized carbons (Fsp3) is 0.545. The summed E-state index contributed by atoms with van der Waals surface area (Å²) >= 11 is 0. The molecule has 2 aromatic rings. The van der Waals surface area contributed by atoms with E-state index in [0.29, 0.717) is 0 Å². The number of aliphatic hydroxyl groups excluding tert-OH is 2. The van der Waals surface area contributed by atoms with Crippen LogP contribution in [0.15, 0.2) is 11.0 Å². The van der Waals surface area contributed by atoms with Crippen LogP contribution >= 0.6 is 0 Å². The van der Waals surface area contributed by atoms with E-state index in [1.54, 1.807) is 0 Å². The molecule has 0 aromatic carbocycles. The first-order chi connectivity index (χ1) is 9.87. The Hall–Kier alpha value is -2.04. The lowest BCUT2D eigenvalue weighted by Gasteiger charge is -2.24. The SMILES string of the molecule is CC1(CO)OC(c2cnc3c(=O)[nH]c(N)nn23)C(F)C1O. The van der Waals surface area contributed by atoms with Crippen molar-refractivity contribution in [3.63, 3.8) is 0 Å². The number of anilines is 1. The molecule has 0 radical (unpaired) electrons. The van der Waals surface area contributed by atoms with Gasteiger partial charge in [-0.2, -0.15) is 0 Å². The number of H-pyrrole nitrogens is 1. The number of hydrogen-bond acceptors (Lipinski definition) is 7. The highest BCUT2D eigenvalue weighted by atomic mass is 19.1. The number of aliphatic hydroxyl groups is 2. The molecule has 1 aliphatic heterocycles. The molecule has 0 amide bonds. The Morgan fingerprint density at radius 1 is 1.67 bits per heavy atom. The summed E-state index contributed by atoms with van der Waals surface area (Å²) in [5.74, 6) is -0.161. The Morgan fingerprint density at radius 2 is 2.38 bits per heavy atom. The number of ether oxygens (including phenoxy) is 1. The maximum absolute atomic E-state index is 14.3. The number of nitrogen functional groups attached to an aromatic ring is 1. The molecule has 114 valence electrons. The van der Waals surface area contributed by atoms with Gasteiger partial charge < -0.3 is 20.7 Å². The number of aromatic nitrogens is 4. The van der Waals surface area contributed by atoms with Crippen molar-refractivity contribution in [1.29, 1.82) is 0 Å². The van der Waals surface area contributed by atoms with Gasteiger partial charge in [0.2, 0.25) is 11.6 Å². The van der Waals surface area contributed by atoms with E-state index in [2.05, 4.69) is 15.1 Å². The van der Waals surface area contributed by atoms with Gasteiger partial charge in [0.15, 0.2) is 6.17 Å². The smallest absolute Gasteiger partial charge is 0.295 e. The summed E-state index contributed by atoms with van der Waals surface area (Å²) < 4.78 is 20.8. The maximum Gasteiger partial charge on any atom is 0.295 e. The first kappa shape index (κ1) is 13.9. The van der Waals surface area contributed by atoms with Crippen molar-refractivity contribution in [1.82, 2.24) is 19.6 Å². The van der Waals surface area contributed by atoms with Crippen LogP contribution in [-0.2, 0) is 4.74 Å². The van der Waals surface area contributed by atoms with E-state index in [1.807, 2.05) is 0 Å². The zero-order valence-corrected chi connectivity index (χ0v) is 11.0. The Balaban J connectivity index is 2.12. The number of hydrogen-bond donors (Lipinski definition) is 4. The van der Waals surface area contributed by atoms with Gasteiger partial charge in [-0.25, -0.2) is 13.9 Å². The molecule has 2 aromatic heterocycles. The molecular formula is C11H14FN5O4. The van der Waals surface area contributed by atoms with Crippen LogP contribution in [-0.4, -0.2) is 54.3 Å². The summed E-state index contributed by atoms with van der Waals surface area (Å²) in [6.45, 7) is 0.833. The molecule has 1 aliphatic rings. The number of rotatable bonds is 2. The third-order valence-electron chi connectivity index (χ3n) is 3.63. The van der Waals surface area contributed by atoms with Gasteiger partial charge in [-0.15, -0.1) is 5.10 Å². The summed E-state index contributed by atoms with van der Waals surface area (Å²) in [6, 6.07) is 0. The molecule has 4 atom stereocenters. The van der Waals surface area contributed by atoms with Crippen LogP contribution in [0.3, 0.4) is 0 Å². The van der Waals surface area contributed by atoms with Crippen molar-refractivity contribution in [2.75, 3.05) is 12.3 Å². The Kier molecular flexibility index (Phi) is 2.97. The zero-order valence-electron chi connectivity index (χ0n) is 11.0. The van der Waals surface area contributed by atoms with E-state index in [0.717, 1.165) is 4.52 Å². The molecule has 9 nitrogen and oxygen atoms in total. The van der Waals surface area contributed by atoms with Gasteiger partial charge in [0.1, 0.15) is 17.8 Å². The monoisotopic (exact) mass is 299 g/mol. The van der Waals surface area contributed by atoms with E-state index in [-0.39, 0.29) is 17.3 Å². The van der Waals surface area contributed by atoms with Gasteiger partial charge in [0, 0.05) is 0 Å². The maximum atomic E-state index is 14.3. The molecule has 21 heavy (non-hydrogen) atoms. The standard InChI is InChI=1S/C11H14FN5O4/c1-11(3-18)7(19)5(12)6(21-11)4-2-14-8-9(20)15-10(13)16-17(4)8/h2,5-7,18-19H,3H2,1H3,(H3,13,15,16,20). The fourth-order valence-corrected chi connectivity index (χ4v) is 2.40. The van der Waals surface area contributed by atoms with Crippen LogP contribution in [0.2, 0.25) is 0 Å². The third kappa shape index (κ3) is 1.91. The highest BCUT2D eigenvalue weighted by molar-refractivity contribution is 5.39. The Morgan fingerprint density at radius 3 is 3.00 bits per heavy atom. The average Bonchev–Trinajstić information content (AvgIpc) is 2.95. The molecule has 3 rings (SSSR count). The number of imidazole rings is 1. The molecule has 10 heteroatoms. The average molecular weight is 299 g/mol. The summed E-state index contributed by atoms with van der Waals surface area (Å²) in [7, 11) is 0. The summed E-state index contributed by atoms with van der Waals surface area (Å²) in [6.07, 6.45) is -3.31. The van der Waals surface area contributed by atoms with Crippen molar-refractivity contribution in [2.45, 2.75) is 30.9 Å². The van der Waals surface area contributed by atoms with Crippen LogP contribution in [0.5, 0.6) is 0 Å². The molecule has 3 heterocycles. The van der Waals surface area contributed by atoms with Gasteiger partial charge in [0.05, 0.1) is 18.5 Å². The predicted octanol–water partition coefficient (Wildman–Crippen LogP) is -1.48. The van der Waals surface area contributed by atoms with Crippen molar-refractivity contribution in [3.05, 3.63) is 22.2 Å². The minimum absolute atomic E-state index is 0.0675. The van der Waals surface area contributed by atoms with Crippen LogP contribution in [0.4, 0.5) is 10.3 Å². The molecule has 5 N–H and O–H groups in total. The predicted molar refractivity (Wildman–Crippen MR) is 68.2 cm³/mol. The highest BCUT2D eigenvalue weighted by Crippen LogP contribution is 2.41. The van der Waals surface area contributed by atoms with Gasteiger partial charge in [-0.05, 0) is 6.92 Å². The van der Waals surface area contributed by atoms with Crippen molar-refractivity contribution >= 4 is 11.6 Å². The number of nitrogens with zero attached hydrogens (tertiary/aromatic N) is 3. The lowest BCUT2D eigenvalue weighted by Crippen LogP contribution is -2.42. The number of alkyl halides is 1. The second kappa shape index (κ2) is 4.48. The number of nitrogens with one attached hydrogen (secondary N) is 1. The Labute approximate surface area is 117 Å². The van der Waals surface area contributed by atoms with Gasteiger partial charge in [-0.3, -0.25) is 9.78 Å². The molecule has 0 saturated carbocycles. The van der Waals surface area contributed by atoms with E-state index < -0.39 is 36.1 Å². The van der Waals surface area contributed by atoms with E-state index in [9.17, 15) is 19.4 Å². The van der Waals surface area contributed by atoms with E-state index in [1.165, 1.54) is 13.1 Å². The number of aromatic amines is 1. The first-order valence-electron chi connectivity index (χ1n) is 6.21.